The van der Waals surface area contributed by atoms with E-state index >= 15 is 0 Å². The van der Waals surface area contributed by atoms with Crippen LogP contribution in [-0.2, 0) is 10.8 Å². The molecular weight excluding hydrogens is 265 g/mol. The van der Waals surface area contributed by atoms with Gasteiger partial charge in [-0.25, -0.2) is 0 Å². The normalized spacial score (nSPS) is 14.8. The van der Waals surface area contributed by atoms with Crippen molar-refractivity contribution in [2.45, 2.75) is 29.9 Å². The maximum absolute atomic E-state index is 12.2. The molecule has 1 aromatic rings. The lowest BCUT2D eigenvalue weighted by Gasteiger charge is -2.13. The van der Waals surface area contributed by atoms with Gasteiger partial charge in [0.2, 0.25) is 0 Å². The third-order valence-electron chi connectivity index (χ3n) is 2.37. The fourth-order valence-corrected chi connectivity index (χ4v) is 3.28. The summed E-state index contributed by atoms with van der Waals surface area (Å²) in [5.41, 5.74) is 5.49. The van der Waals surface area contributed by atoms with Crippen LogP contribution in [0, 0.1) is 0 Å². The predicted octanol–water partition coefficient (Wildman–Crippen LogP) is 3.23. The summed E-state index contributed by atoms with van der Waals surface area (Å²) in [7, 11) is -1.06. The average molecular weight is 280 g/mol. The Labute approximate surface area is 109 Å². The zero-order valence-corrected chi connectivity index (χ0v) is 11.4. The van der Waals surface area contributed by atoms with Crippen molar-refractivity contribution >= 4 is 34.0 Å². The number of hydrogen-bond donors (Lipinski definition) is 1. The maximum Gasteiger partial charge on any atom is 0.0604 e. The van der Waals surface area contributed by atoms with Crippen molar-refractivity contribution in [2.75, 3.05) is 6.54 Å². The lowest BCUT2D eigenvalue weighted by atomic mass is 10.2. The molecule has 1 rings (SSSR count). The number of rotatable bonds is 5. The lowest BCUT2D eigenvalue weighted by Crippen LogP contribution is -2.18. The van der Waals surface area contributed by atoms with E-state index in [4.69, 9.17) is 28.9 Å². The Morgan fingerprint density at radius 1 is 1.38 bits per heavy atom. The van der Waals surface area contributed by atoms with Crippen LogP contribution in [0.15, 0.2) is 23.1 Å². The monoisotopic (exact) mass is 279 g/mol. The Balaban J connectivity index is 2.90. The fraction of sp³-hybridized carbons (Fsp3) is 0.455. The highest BCUT2D eigenvalue weighted by Gasteiger charge is 2.16. The largest absolute Gasteiger partial charge is 0.330 e. The molecule has 16 heavy (non-hydrogen) atoms. The molecule has 0 heterocycles. The first-order valence-corrected chi connectivity index (χ1v) is 7.12. The quantitative estimate of drug-likeness (QED) is 0.899. The number of hydrogen-bond acceptors (Lipinski definition) is 2. The molecule has 90 valence electrons. The molecule has 0 bridgehead atoms. The molecule has 0 radical (unpaired) electrons. The van der Waals surface area contributed by atoms with Crippen molar-refractivity contribution in [1.82, 2.24) is 0 Å². The van der Waals surface area contributed by atoms with Crippen LogP contribution >= 0.6 is 23.2 Å². The van der Waals surface area contributed by atoms with Crippen LogP contribution in [0.5, 0.6) is 0 Å². The van der Waals surface area contributed by atoms with Gasteiger partial charge >= 0.3 is 0 Å². The number of benzene rings is 1. The predicted molar refractivity (Wildman–Crippen MR) is 70.6 cm³/mol. The summed E-state index contributed by atoms with van der Waals surface area (Å²) in [5.74, 6) is 0. The Morgan fingerprint density at radius 2 is 2.06 bits per heavy atom. The van der Waals surface area contributed by atoms with Gasteiger partial charge < -0.3 is 5.73 Å². The van der Waals surface area contributed by atoms with E-state index in [-0.39, 0.29) is 5.25 Å². The minimum Gasteiger partial charge on any atom is -0.330 e. The summed E-state index contributed by atoms with van der Waals surface area (Å²) in [6, 6.07) is 5.09. The summed E-state index contributed by atoms with van der Waals surface area (Å²) in [6.07, 6.45) is 1.59. The van der Waals surface area contributed by atoms with Crippen molar-refractivity contribution in [3.05, 3.63) is 28.2 Å². The Morgan fingerprint density at radius 3 is 2.56 bits per heavy atom. The lowest BCUT2D eigenvalue weighted by molar-refractivity contribution is 0.650. The van der Waals surface area contributed by atoms with E-state index in [1.807, 2.05) is 6.92 Å². The second kappa shape index (κ2) is 6.60. The minimum atomic E-state index is -1.06. The molecule has 0 saturated heterocycles. The molecule has 1 aromatic carbocycles. The van der Waals surface area contributed by atoms with E-state index in [1.54, 1.807) is 18.2 Å². The highest BCUT2D eigenvalue weighted by atomic mass is 35.5. The second-order valence-electron chi connectivity index (χ2n) is 3.48. The molecule has 2 nitrogen and oxygen atoms in total. The molecule has 2 N–H and O–H groups in total. The third-order valence-corrected chi connectivity index (χ3v) is 5.00. The first-order valence-electron chi connectivity index (χ1n) is 5.15. The molecule has 0 spiro atoms. The molecule has 2 unspecified atom stereocenters. The zero-order valence-electron chi connectivity index (χ0n) is 9.08. The van der Waals surface area contributed by atoms with E-state index in [9.17, 15) is 4.21 Å². The highest BCUT2D eigenvalue weighted by Crippen LogP contribution is 2.26. The number of halogens is 2. The SMILES string of the molecule is CCC(CCN)S(=O)c1ccc(Cl)c(Cl)c1. The van der Waals surface area contributed by atoms with Gasteiger partial charge in [0, 0.05) is 10.1 Å². The summed E-state index contributed by atoms with van der Waals surface area (Å²) in [6.45, 7) is 2.56. The first-order chi connectivity index (χ1) is 7.60. The van der Waals surface area contributed by atoms with E-state index in [2.05, 4.69) is 0 Å². The molecule has 5 heteroatoms. The van der Waals surface area contributed by atoms with Crippen LogP contribution < -0.4 is 5.73 Å². The summed E-state index contributed by atoms with van der Waals surface area (Å²) >= 11 is 11.7. The highest BCUT2D eigenvalue weighted by molar-refractivity contribution is 7.85. The van der Waals surface area contributed by atoms with Crippen LogP contribution in [0.2, 0.25) is 10.0 Å². The molecule has 0 aliphatic rings. The molecule has 2 atom stereocenters. The molecular formula is C11H15Cl2NOS. The van der Waals surface area contributed by atoms with Gasteiger partial charge in [-0.15, -0.1) is 0 Å². The first kappa shape index (κ1) is 14.0. The van der Waals surface area contributed by atoms with E-state index < -0.39 is 10.8 Å². The van der Waals surface area contributed by atoms with Gasteiger partial charge in [0.1, 0.15) is 0 Å². The van der Waals surface area contributed by atoms with Crippen molar-refractivity contribution in [3.63, 3.8) is 0 Å². The summed E-state index contributed by atoms with van der Waals surface area (Å²) in [5, 5.41) is 1.01. The molecule has 0 fully saturated rings. The third kappa shape index (κ3) is 3.45. The summed E-state index contributed by atoms with van der Waals surface area (Å²) in [4.78, 5) is 0.717. The van der Waals surface area contributed by atoms with Crippen molar-refractivity contribution < 1.29 is 4.21 Å². The van der Waals surface area contributed by atoms with Crippen LogP contribution in [0.4, 0.5) is 0 Å². The van der Waals surface area contributed by atoms with Crippen molar-refractivity contribution in [3.8, 4) is 0 Å². The molecule has 0 aromatic heterocycles. The van der Waals surface area contributed by atoms with Gasteiger partial charge in [-0.3, -0.25) is 4.21 Å². The van der Waals surface area contributed by atoms with Gasteiger partial charge in [-0.1, -0.05) is 30.1 Å². The Hall–Kier alpha value is -0.0900. The smallest absolute Gasteiger partial charge is 0.0604 e. The van der Waals surface area contributed by atoms with Crippen LogP contribution in [0.3, 0.4) is 0 Å². The van der Waals surface area contributed by atoms with Crippen molar-refractivity contribution in [2.24, 2.45) is 5.73 Å². The Bertz CT molecular complexity index is 384. The maximum atomic E-state index is 12.2. The van der Waals surface area contributed by atoms with Gasteiger partial charge in [-0.2, -0.15) is 0 Å². The second-order valence-corrected chi connectivity index (χ2v) is 6.03. The van der Waals surface area contributed by atoms with Gasteiger partial charge in [0.15, 0.2) is 0 Å². The zero-order chi connectivity index (χ0) is 12.1. The van der Waals surface area contributed by atoms with E-state index in [1.165, 1.54) is 0 Å². The molecule has 0 amide bonds. The summed E-state index contributed by atoms with van der Waals surface area (Å²) < 4.78 is 12.2. The Kier molecular flexibility index (Phi) is 5.76. The topological polar surface area (TPSA) is 43.1 Å². The van der Waals surface area contributed by atoms with E-state index in [0.29, 0.717) is 16.6 Å². The molecule has 0 aliphatic heterocycles. The average Bonchev–Trinajstić information content (AvgIpc) is 2.28. The van der Waals surface area contributed by atoms with Crippen LogP contribution in [0.1, 0.15) is 19.8 Å². The van der Waals surface area contributed by atoms with Crippen molar-refractivity contribution in [1.29, 1.82) is 0 Å². The molecule has 0 aliphatic carbocycles. The minimum absolute atomic E-state index is 0.0854. The van der Waals surface area contributed by atoms with E-state index in [0.717, 1.165) is 17.7 Å². The molecule has 0 saturated carbocycles. The van der Waals surface area contributed by atoms with Crippen LogP contribution in [-0.4, -0.2) is 16.0 Å². The fourth-order valence-electron chi connectivity index (χ4n) is 1.44. The standard InChI is InChI=1S/C11H15Cl2NOS/c1-2-8(5-6-14)16(15)9-3-4-10(12)11(13)7-9/h3-4,7-8H,2,5-6,14H2,1H3. The van der Waals surface area contributed by atoms with Gasteiger partial charge in [0.25, 0.3) is 0 Å². The number of nitrogens with two attached hydrogens (primary N) is 1. The van der Waals surface area contributed by atoms with Gasteiger partial charge in [0.05, 0.1) is 20.8 Å². The van der Waals surface area contributed by atoms with Gasteiger partial charge in [-0.05, 0) is 37.6 Å². The van der Waals surface area contributed by atoms with Crippen LogP contribution in [0.25, 0.3) is 0 Å².